The lowest BCUT2D eigenvalue weighted by Gasteiger charge is -2.16. The Morgan fingerprint density at radius 1 is 1.05 bits per heavy atom. The van der Waals surface area contributed by atoms with Crippen LogP contribution in [-0.2, 0) is 12.8 Å². The first-order valence-corrected chi connectivity index (χ1v) is 7.33. The van der Waals surface area contributed by atoms with Crippen molar-refractivity contribution in [2.75, 3.05) is 31.1 Å². The largest absolute Gasteiger partial charge is 0.338 e. The number of rotatable bonds is 4. The molecule has 0 radical (unpaired) electrons. The van der Waals surface area contributed by atoms with E-state index >= 15 is 0 Å². The Bertz CT molecular complexity index is 514. The Hall–Kier alpha value is -1.88. The molecule has 3 rings (SSSR count). The zero-order chi connectivity index (χ0) is 13.6. The van der Waals surface area contributed by atoms with E-state index in [2.05, 4.69) is 49.7 Å². The topological polar surface area (TPSA) is 56.8 Å². The van der Waals surface area contributed by atoms with Crippen LogP contribution in [0.4, 0.5) is 5.95 Å². The number of nitrogens with one attached hydrogen (secondary N) is 2. The van der Waals surface area contributed by atoms with E-state index in [0.29, 0.717) is 0 Å². The summed E-state index contributed by atoms with van der Waals surface area (Å²) in [5, 5.41) is 10.8. The zero-order valence-electron chi connectivity index (χ0n) is 11.7. The summed E-state index contributed by atoms with van der Waals surface area (Å²) in [7, 11) is 0. The summed E-state index contributed by atoms with van der Waals surface area (Å²) in [6, 6.07) is 10.5. The van der Waals surface area contributed by atoms with Crippen LogP contribution in [0.25, 0.3) is 0 Å². The van der Waals surface area contributed by atoms with Gasteiger partial charge in [0, 0.05) is 26.1 Å². The van der Waals surface area contributed by atoms with Crippen molar-refractivity contribution in [1.82, 2.24) is 20.5 Å². The van der Waals surface area contributed by atoms with Crippen LogP contribution < -0.4 is 10.2 Å². The van der Waals surface area contributed by atoms with Gasteiger partial charge in [0.25, 0.3) is 0 Å². The Kier molecular flexibility index (Phi) is 4.28. The Morgan fingerprint density at radius 3 is 2.85 bits per heavy atom. The lowest BCUT2D eigenvalue weighted by atomic mass is 10.1. The average molecular weight is 271 g/mol. The minimum Gasteiger partial charge on any atom is -0.338 e. The highest BCUT2D eigenvalue weighted by atomic mass is 15.4. The van der Waals surface area contributed by atoms with Crippen LogP contribution in [0, 0.1) is 0 Å². The first-order valence-electron chi connectivity index (χ1n) is 7.33. The van der Waals surface area contributed by atoms with E-state index in [1.165, 1.54) is 5.56 Å². The first kappa shape index (κ1) is 13.1. The highest BCUT2D eigenvalue weighted by molar-refractivity contribution is 5.29. The second-order valence-corrected chi connectivity index (χ2v) is 5.16. The Balaban J connectivity index is 1.58. The van der Waals surface area contributed by atoms with Crippen LogP contribution in [-0.4, -0.2) is 41.4 Å². The van der Waals surface area contributed by atoms with Gasteiger partial charge in [0.05, 0.1) is 0 Å². The maximum absolute atomic E-state index is 4.62. The van der Waals surface area contributed by atoms with Crippen molar-refractivity contribution in [1.29, 1.82) is 0 Å². The van der Waals surface area contributed by atoms with Crippen molar-refractivity contribution in [3.63, 3.8) is 0 Å². The molecule has 5 heteroatoms. The number of benzene rings is 1. The van der Waals surface area contributed by atoms with Crippen molar-refractivity contribution < 1.29 is 0 Å². The van der Waals surface area contributed by atoms with Crippen LogP contribution in [0.2, 0.25) is 0 Å². The minimum absolute atomic E-state index is 0.844. The molecule has 1 aliphatic rings. The summed E-state index contributed by atoms with van der Waals surface area (Å²) < 4.78 is 0. The molecule has 0 unspecified atom stereocenters. The summed E-state index contributed by atoms with van der Waals surface area (Å²) >= 11 is 0. The molecule has 20 heavy (non-hydrogen) atoms. The minimum atomic E-state index is 0.844. The van der Waals surface area contributed by atoms with Gasteiger partial charge in [0.1, 0.15) is 5.82 Å². The number of hydrogen-bond donors (Lipinski definition) is 2. The average Bonchev–Trinajstić information content (AvgIpc) is 2.80. The molecule has 5 nitrogen and oxygen atoms in total. The zero-order valence-corrected chi connectivity index (χ0v) is 11.7. The molecular formula is C15H21N5. The van der Waals surface area contributed by atoms with Gasteiger partial charge in [-0.2, -0.15) is 4.98 Å². The molecule has 106 valence electrons. The van der Waals surface area contributed by atoms with Crippen molar-refractivity contribution in [3.8, 4) is 0 Å². The summed E-state index contributed by atoms with van der Waals surface area (Å²) in [5.41, 5.74) is 1.34. The van der Waals surface area contributed by atoms with Crippen molar-refractivity contribution in [2.24, 2.45) is 0 Å². The van der Waals surface area contributed by atoms with Crippen LogP contribution in [0.15, 0.2) is 30.3 Å². The number of hydrogen-bond acceptors (Lipinski definition) is 4. The van der Waals surface area contributed by atoms with Gasteiger partial charge in [-0.15, -0.1) is 5.10 Å². The van der Waals surface area contributed by atoms with Gasteiger partial charge < -0.3 is 10.2 Å². The van der Waals surface area contributed by atoms with E-state index in [0.717, 1.165) is 57.2 Å². The molecule has 1 fully saturated rings. The van der Waals surface area contributed by atoms with Crippen LogP contribution >= 0.6 is 0 Å². The third-order valence-electron chi connectivity index (χ3n) is 3.64. The molecule has 1 aliphatic heterocycles. The van der Waals surface area contributed by atoms with Crippen molar-refractivity contribution in [3.05, 3.63) is 41.7 Å². The van der Waals surface area contributed by atoms with Gasteiger partial charge >= 0.3 is 0 Å². The molecule has 0 saturated carbocycles. The molecule has 1 aromatic heterocycles. The van der Waals surface area contributed by atoms with E-state index in [1.807, 2.05) is 6.07 Å². The Labute approximate surface area is 119 Å². The van der Waals surface area contributed by atoms with Gasteiger partial charge in [0.2, 0.25) is 5.95 Å². The number of aromatic amines is 1. The molecule has 1 saturated heterocycles. The maximum Gasteiger partial charge on any atom is 0.244 e. The normalized spacial score (nSPS) is 16.1. The fourth-order valence-electron chi connectivity index (χ4n) is 2.49. The smallest absolute Gasteiger partial charge is 0.244 e. The molecule has 0 amide bonds. The molecule has 0 atom stereocenters. The molecule has 0 bridgehead atoms. The maximum atomic E-state index is 4.62. The molecule has 0 spiro atoms. The number of anilines is 1. The fraction of sp³-hybridized carbons (Fsp3) is 0.467. The summed E-state index contributed by atoms with van der Waals surface area (Å²) in [6.45, 7) is 4.11. The highest BCUT2D eigenvalue weighted by Gasteiger charge is 2.13. The van der Waals surface area contributed by atoms with Gasteiger partial charge in [-0.3, -0.25) is 5.10 Å². The summed E-state index contributed by atoms with van der Waals surface area (Å²) in [4.78, 5) is 6.87. The number of aryl methyl sites for hydroxylation is 2. The van der Waals surface area contributed by atoms with E-state index in [1.54, 1.807) is 0 Å². The van der Waals surface area contributed by atoms with E-state index in [-0.39, 0.29) is 0 Å². The van der Waals surface area contributed by atoms with Crippen LogP contribution in [0.5, 0.6) is 0 Å². The van der Waals surface area contributed by atoms with Crippen molar-refractivity contribution >= 4 is 5.95 Å². The second kappa shape index (κ2) is 6.52. The second-order valence-electron chi connectivity index (χ2n) is 5.16. The number of nitrogens with zero attached hydrogens (tertiary/aromatic N) is 3. The lowest BCUT2D eigenvalue weighted by Crippen LogP contribution is -2.28. The molecule has 0 aliphatic carbocycles. The SMILES string of the molecule is c1ccc(CCc2nc(N3CCCNCC3)n[nH]2)cc1. The van der Waals surface area contributed by atoms with Crippen LogP contribution in [0.1, 0.15) is 17.8 Å². The number of aromatic nitrogens is 3. The third kappa shape index (κ3) is 3.36. The van der Waals surface area contributed by atoms with E-state index in [9.17, 15) is 0 Å². The molecule has 1 aromatic carbocycles. The van der Waals surface area contributed by atoms with Crippen molar-refractivity contribution in [2.45, 2.75) is 19.3 Å². The lowest BCUT2D eigenvalue weighted by molar-refractivity contribution is 0.724. The first-order chi connectivity index (χ1) is 9.92. The van der Waals surface area contributed by atoms with E-state index in [4.69, 9.17) is 0 Å². The highest BCUT2D eigenvalue weighted by Crippen LogP contribution is 2.10. The monoisotopic (exact) mass is 271 g/mol. The number of H-pyrrole nitrogens is 1. The molecular weight excluding hydrogens is 250 g/mol. The van der Waals surface area contributed by atoms with E-state index < -0.39 is 0 Å². The van der Waals surface area contributed by atoms with Crippen LogP contribution in [0.3, 0.4) is 0 Å². The van der Waals surface area contributed by atoms with Gasteiger partial charge in [0.15, 0.2) is 0 Å². The molecule has 2 aromatic rings. The Morgan fingerprint density at radius 2 is 1.95 bits per heavy atom. The quantitative estimate of drug-likeness (QED) is 0.882. The predicted molar refractivity (Wildman–Crippen MR) is 79.9 cm³/mol. The molecule has 2 heterocycles. The fourth-order valence-corrected chi connectivity index (χ4v) is 2.49. The summed E-state index contributed by atoms with van der Waals surface area (Å²) in [6.07, 6.45) is 3.05. The van der Waals surface area contributed by atoms with Gasteiger partial charge in [-0.1, -0.05) is 30.3 Å². The third-order valence-corrected chi connectivity index (χ3v) is 3.64. The van der Waals surface area contributed by atoms with Gasteiger partial charge in [-0.05, 0) is 24.9 Å². The van der Waals surface area contributed by atoms with Gasteiger partial charge in [-0.25, -0.2) is 0 Å². The standard InChI is InChI=1S/C15H21N5/c1-2-5-13(6-3-1)7-8-14-17-15(19-18-14)20-11-4-9-16-10-12-20/h1-3,5-6,16H,4,7-12H2,(H,17,18,19). The predicted octanol–water partition coefficient (Wildman–Crippen LogP) is 1.39. The molecule has 2 N–H and O–H groups in total. The summed E-state index contributed by atoms with van der Waals surface area (Å²) in [5.74, 6) is 1.82.